The van der Waals surface area contributed by atoms with Crippen molar-refractivity contribution < 1.29 is 0 Å². The maximum absolute atomic E-state index is 6.39. The van der Waals surface area contributed by atoms with Crippen molar-refractivity contribution in [1.82, 2.24) is 29.9 Å². The number of nitrogens with zero attached hydrogens (tertiary/aromatic N) is 5. The molecule has 0 spiro atoms. The molecule has 0 bridgehead atoms. The van der Waals surface area contributed by atoms with Crippen molar-refractivity contribution in [2.45, 2.75) is 12.8 Å². The first-order valence-corrected chi connectivity index (χ1v) is 9.82. The number of para-hydroxylation sites is 1. The van der Waals surface area contributed by atoms with Gasteiger partial charge in [0.15, 0.2) is 11.5 Å². The number of hydrogen-bond acceptors (Lipinski definition) is 7. The summed E-state index contributed by atoms with van der Waals surface area (Å²) < 4.78 is 0. The van der Waals surface area contributed by atoms with Gasteiger partial charge in [0.1, 0.15) is 11.3 Å². The minimum absolute atomic E-state index is 0.156. The van der Waals surface area contributed by atoms with Crippen LogP contribution in [0.4, 0.5) is 5.82 Å². The number of anilines is 1. The Bertz CT molecular complexity index is 1310. The maximum atomic E-state index is 6.39. The molecular formula is C19H14ClN7S. The van der Waals surface area contributed by atoms with E-state index in [4.69, 9.17) is 22.3 Å². The summed E-state index contributed by atoms with van der Waals surface area (Å²) in [5.41, 5.74) is 11.6. The number of benzene rings is 1. The molecule has 4 aromatic heterocycles. The number of nitrogens with one attached hydrogen (secondary N) is 1. The van der Waals surface area contributed by atoms with Crippen molar-refractivity contribution >= 4 is 50.8 Å². The maximum Gasteiger partial charge on any atom is 0.183 e. The van der Waals surface area contributed by atoms with Crippen molar-refractivity contribution in [1.29, 1.82) is 0 Å². The molecule has 0 aliphatic rings. The minimum Gasteiger partial charge on any atom is -0.382 e. The number of hydrogen-bond donors (Lipinski definition) is 2. The van der Waals surface area contributed by atoms with Gasteiger partial charge in [0.05, 0.1) is 32.9 Å². The third-order valence-corrected chi connectivity index (χ3v) is 5.76. The van der Waals surface area contributed by atoms with E-state index in [9.17, 15) is 0 Å². The highest BCUT2D eigenvalue weighted by Gasteiger charge is 2.22. The number of aromatic amines is 1. The van der Waals surface area contributed by atoms with Crippen LogP contribution in [0.25, 0.3) is 32.6 Å². The standard InChI is InChI=1S/C19H14ClN7S/c1-9(18-26-17(21)16-19(27-18)24-7-23-16)11-5-10-3-2-4-12(20)14(10)25-15(11)13-6-22-8-28-13/h2-9H,1H3,(H3,21,23,24,26,27)/t9-/m0/s1. The van der Waals surface area contributed by atoms with Crippen molar-refractivity contribution in [2.75, 3.05) is 5.73 Å². The highest BCUT2D eigenvalue weighted by Crippen LogP contribution is 2.36. The van der Waals surface area contributed by atoms with E-state index >= 15 is 0 Å². The van der Waals surface area contributed by atoms with Gasteiger partial charge in [-0.25, -0.2) is 19.9 Å². The molecule has 3 N–H and O–H groups in total. The molecule has 7 nitrogen and oxygen atoms in total. The summed E-state index contributed by atoms with van der Waals surface area (Å²) >= 11 is 7.91. The van der Waals surface area contributed by atoms with Gasteiger partial charge >= 0.3 is 0 Å². The van der Waals surface area contributed by atoms with E-state index in [1.54, 1.807) is 18.0 Å². The molecule has 0 radical (unpaired) electrons. The fraction of sp³-hybridized carbons (Fsp3) is 0.105. The predicted octanol–water partition coefficient (Wildman–Crippen LogP) is 4.41. The zero-order valence-corrected chi connectivity index (χ0v) is 16.3. The van der Waals surface area contributed by atoms with Gasteiger partial charge in [0.25, 0.3) is 0 Å². The highest BCUT2D eigenvalue weighted by atomic mass is 35.5. The monoisotopic (exact) mass is 407 g/mol. The average molecular weight is 408 g/mol. The van der Waals surface area contributed by atoms with Crippen LogP contribution in [-0.4, -0.2) is 29.9 Å². The van der Waals surface area contributed by atoms with Crippen LogP contribution in [0.5, 0.6) is 0 Å². The summed E-state index contributed by atoms with van der Waals surface area (Å²) in [7, 11) is 0. The van der Waals surface area contributed by atoms with E-state index < -0.39 is 0 Å². The second-order valence-electron chi connectivity index (χ2n) is 6.39. The lowest BCUT2D eigenvalue weighted by atomic mass is 9.96. The summed E-state index contributed by atoms with van der Waals surface area (Å²) in [5, 5.41) is 1.57. The second-order valence-corrected chi connectivity index (χ2v) is 7.69. The van der Waals surface area contributed by atoms with Crippen LogP contribution in [0, 0.1) is 0 Å². The predicted molar refractivity (Wildman–Crippen MR) is 111 cm³/mol. The van der Waals surface area contributed by atoms with Crippen molar-refractivity contribution in [3.63, 3.8) is 0 Å². The molecule has 138 valence electrons. The Morgan fingerprint density at radius 3 is 2.93 bits per heavy atom. The number of nitrogens with two attached hydrogens (primary N) is 1. The quantitative estimate of drug-likeness (QED) is 0.458. The molecule has 1 atom stereocenters. The van der Waals surface area contributed by atoms with Gasteiger partial charge in [-0.2, -0.15) is 0 Å². The minimum atomic E-state index is -0.156. The fourth-order valence-corrected chi connectivity index (χ4v) is 4.10. The van der Waals surface area contributed by atoms with E-state index in [2.05, 4.69) is 31.0 Å². The Balaban J connectivity index is 1.75. The number of pyridine rings is 1. The van der Waals surface area contributed by atoms with Gasteiger partial charge in [-0.05, 0) is 17.7 Å². The lowest BCUT2D eigenvalue weighted by molar-refractivity contribution is 0.826. The number of thiazole rings is 1. The summed E-state index contributed by atoms with van der Waals surface area (Å²) in [4.78, 5) is 26.3. The molecule has 0 saturated carbocycles. The molecule has 28 heavy (non-hydrogen) atoms. The van der Waals surface area contributed by atoms with Gasteiger partial charge in [0, 0.05) is 17.5 Å². The third-order valence-electron chi connectivity index (χ3n) is 4.68. The third kappa shape index (κ3) is 2.69. The van der Waals surface area contributed by atoms with Crippen molar-refractivity contribution in [2.24, 2.45) is 0 Å². The number of halogens is 1. The van der Waals surface area contributed by atoms with Crippen molar-refractivity contribution in [3.05, 3.63) is 58.7 Å². The number of H-pyrrole nitrogens is 1. The van der Waals surface area contributed by atoms with Gasteiger partial charge < -0.3 is 10.7 Å². The Labute approximate surface area is 168 Å². The summed E-state index contributed by atoms with van der Waals surface area (Å²) in [6, 6.07) is 7.83. The first-order chi connectivity index (χ1) is 13.6. The molecule has 0 saturated heterocycles. The Hall–Kier alpha value is -3.10. The SMILES string of the molecule is C[C@H](c1nc(N)c2[nH]cnc2n1)c1cc2cccc(Cl)c2nc1-c1cncs1. The number of fused-ring (bicyclic) bond motifs is 2. The molecule has 5 aromatic rings. The van der Waals surface area contributed by atoms with E-state index in [-0.39, 0.29) is 5.92 Å². The van der Waals surface area contributed by atoms with Crippen molar-refractivity contribution in [3.8, 4) is 10.6 Å². The average Bonchev–Trinajstić information content (AvgIpc) is 3.39. The number of aromatic nitrogens is 6. The molecule has 0 unspecified atom stereocenters. The van der Waals surface area contributed by atoms with E-state index in [1.807, 2.05) is 25.1 Å². The van der Waals surface area contributed by atoms with Gasteiger partial charge in [-0.1, -0.05) is 30.7 Å². The summed E-state index contributed by atoms with van der Waals surface area (Å²) in [5.74, 6) is 0.808. The van der Waals surface area contributed by atoms with Crippen LogP contribution in [0.1, 0.15) is 24.2 Å². The molecule has 0 amide bonds. The Morgan fingerprint density at radius 2 is 2.11 bits per heavy atom. The summed E-state index contributed by atoms with van der Waals surface area (Å²) in [6.45, 7) is 2.03. The lowest BCUT2D eigenvalue weighted by Crippen LogP contribution is -2.08. The van der Waals surface area contributed by atoms with Crippen LogP contribution in [0.2, 0.25) is 5.02 Å². The van der Waals surface area contributed by atoms with Crippen LogP contribution < -0.4 is 5.73 Å². The van der Waals surface area contributed by atoms with Gasteiger partial charge in [-0.15, -0.1) is 11.3 Å². The largest absolute Gasteiger partial charge is 0.382 e. The Kier molecular flexibility index (Phi) is 3.96. The molecule has 0 fully saturated rings. The van der Waals surface area contributed by atoms with Gasteiger partial charge in [-0.3, -0.25) is 4.98 Å². The topological polar surface area (TPSA) is 106 Å². The molecular weight excluding hydrogens is 394 g/mol. The number of rotatable bonds is 3. The smallest absolute Gasteiger partial charge is 0.183 e. The first-order valence-electron chi connectivity index (χ1n) is 8.56. The number of nitrogen functional groups attached to an aromatic ring is 1. The van der Waals surface area contributed by atoms with E-state index in [0.717, 1.165) is 27.0 Å². The Morgan fingerprint density at radius 1 is 1.21 bits per heavy atom. The summed E-state index contributed by atoms with van der Waals surface area (Å²) in [6.07, 6.45) is 3.37. The highest BCUT2D eigenvalue weighted by molar-refractivity contribution is 7.13. The lowest BCUT2D eigenvalue weighted by Gasteiger charge is -2.16. The fourth-order valence-electron chi connectivity index (χ4n) is 3.24. The molecule has 5 rings (SSSR count). The first kappa shape index (κ1) is 17.0. The molecule has 4 heterocycles. The molecule has 0 aliphatic heterocycles. The van der Waals surface area contributed by atoms with E-state index in [1.165, 1.54) is 11.3 Å². The van der Waals surface area contributed by atoms with Crippen LogP contribution in [0.3, 0.4) is 0 Å². The van der Waals surface area contributed by atoms with E-state index in [0.29, 0.717) is 27.8 Å². The number of imidazole rings is 1. The zero-order valence-electron chi connectivity index (χ0n) is 14.7. The van der Waals surface area contributed by atoms with Crippen LogP contribution in [0.15, 0.2) is 42.3 Å². The second kappa shape index (κ2) is 6.50. The van der Waals surface area contributed by atoms with Gasteiger partial charge in [0.2, 0.25) is 0 Å². The molecule has 9 heteroatoms. The molecule has 0 aliphatic carbocycles. The zero-order chi connectivity index (χ0) is 19.3. The van der Waals surface area contributed by atoms with Crippen LogP contribution >= 0.6 is 22.9 Å². The van der Waals surface area contributed by atoms with Crippen LogP contribution in [-0.2, 0) is 0 Å². The normalized spacial score (nSPS) is 12.6. The molecule has 1 aromatic carbocycles.